The summed E-state index contributed by atoms with van der Waals surface area (Å²) < 4.78 is 5.29. The third-order valence-corrected chi connectivity index (χ3v) is 3.48. The Balaban J connectivity index is 1.89. The first-order valence-corrected chi connectivity index (χ1v) is 6.77. The van der Waals surface area contributed by atoms with Gasteiger partial charge in [-0.1, -0.05) is 24.3 Å². The predicted molar refractivity (Wildman–Crippen MR) is 82.9 cm³/mol. The van der Waals surface area contributed by atoms with Gasteiger partial charge in [-0.3, -0.25) is 4.79 Å². The zero-order valence-electron chi connectivity index (χ0n) is 11.7. The summed E-state index contributed by atoms with van der Waals surface area (Å²) in [5.74, 6) is 0.505. The predicted octanol–water partition coefficient (Wildman–Crippen LogP) is 3.51. The molecule has 106 valence electrons. The lowest BCUT2D eigenvalue weighted by molar-refractivity contribution is 0.0936. The van der Waals surface area contributed by atoms with Crippen molar-refractivity contribution in [2.75, 3.05) is 5.73 Å². The van der Waals surface area contributed by atoms with Gasteiger partial charge in [0.05, 0.1) is 17.9 Å². The van der Waals surface area contributed by atoms with E-state index in [1.54, 1.807) is 12.3 Å². The second-order valence-corrected chi connectivity index (χ2v) is 5.00. The Labute approximate surface area is 122 Å². The van der Waals surface area contributed by atoms with Gasteiger partial charge in [0, 0.05) is 5.69 Å². The molecular weight excluding hydrogens is 264 g/mol. The number of fused-ring (bicyclic) bond motifs is 1. The van der Waals surface area contributed by atoms with Crippen molar-refractivity contribution in [3.8, 4) is 0 Å². The molecule has 1 heterocycles. The van der Waals surface area contributed by atoms with Gasteiger partial charge in [0.25, 0.3) is 5.91 Å². The molecule has 0 saturated carbocycles. The van der Waals surface area contributed by atoms with Crippen LogP contribution < -0.4 is 11.1 Å². The number of benzene rings is 2. The monoisotopic (exact) mass is 280 g/mol. The Morgan fingerprint density at radius 1 is 1.14 bits per heavy atom. The molecule has 3 rings (SSSR count). The molecule has 0 aliphatic rings. The molecule has 0 bridgehead atoms. The topological polar surface area (TPSA) is 68.3 Å². The molecule has 0 aliphatic heterocycles. The molecule has 4 heteroatoms. The molecule has 3 N–H and O–H groups in total. The van der Waals surface area contributed by atoms with Crippen molar-refractivity contribution in [3.63, 3.8) is 0 Å². The fourth-order valence-corrected chi connectivity index (χ4v) is 2.34. The van der Waals surface area contributed by atoms with Crippen molar-refractivity contribution in [3.05, 3.63) is 66.1 Å². The van der Waals surface area contributed by atoms with Gasteiger partial charge in [-0.15, -0.1) is 0 Å². The number of nitrogens with two attached hydrogens (primary N) is 1. The zero-order chi connectivity index (χ0) is 14.8. The largest absolute Gasteiger partial charge is 0.467 e. The van der Waals surface area contributed by atoms with Gasteiger partial charge < -0.3 is 15.5 Å². The van der Waals surface area contributed by atoms with E-state index in [-0.39, 0.29) is 11.9 Å². The van der Waals surface area contributed by atoms with Gasteiger partial charge in [0.15, 0.2) is 0 Å². The Morgan fingerprint density at radius 3 is 2.52 bits per heavy atom. The first-order chi connectivity index (χ1) is 10.1. The third kappa shape index (κ3) is 2.60. The summed E-state index contributed by atoms with van der Waals surface area (Å²) in [4.78, 5) is 12.4. The molecular formula is C17H16N2O2. The highest BCUT2D eigenvalue weighted by Gasteiger charge is 2.16. The van der Waals surface area contributed by atoms with Crippen LogP contribution >= 0.6 is 0 Å². The van der Waals surface area contributed by atoms with Crippen LogP contribution in [0.5, 0.6) is 0 Å². The molecule has 0 aliphatic carbocycles. The van der Waals surface area contributed by atoms with E-state index >= 15 is 0 Å². The number of rotatable bonds is 3. The number of nitrogens with one attached hydrogen (secondary N) is 1. The Kier molecular flexibility index (Phi) is 3.36. The fraction of sp³-hybridized carbons (Fsp3) is 0.118. The van der Waals surface area contributed by atoms with Gasteiger partial charge >= 0.3 is 0 Å². The number of hydrogen-bond donors (Lipinski definition) is 2. The second-order valence-electron chi connectivity index (χ2n) is 5.00. The second kappa shape index (κ2) is 5.32. The average molecular weight is 280 g/mol. The molecule has 0 unspecified atom stereocenters. The van der Waals surface area contributed by atoms with Crippen LogP contribution in [0, 0.1) is 0 Å². The van der Waals surface area contributed by atoms with E-state index in [1.165, 1.54) is 0 Å². The highest BCUT2D eigenvalue weighted by Crippen LogP contribution is 2.23. The van der Waals surface area contributed by atoms with Crippen molar-refractivity contribution >= 4 is 22.4 Å². The van der Waals surface area contributed by atoms with E-state index < -0.39 is 0 Å². The number of carbonyl (C=O) groups excluding carboxylic acids is 1. The minimum atomic E-state index is -0.210. The van der Waals surface area contributed by atoms with Crippen molar-refractivity contribution in [1.29, 1.82) is 0 Å². The average Bonchev–Trinajstić information content (AvgIpc) is 3.00. The SMILES string of the molecule is C[C@H](NC(=O)c1cc2ccccc2cc1N)c1ccco1. The Hall–Kier alpha value is -2.75. The molecule has 0 radical (unpaired) electrons. The highest BCUT2D eigenvalue weighted by molar-refractivity contribution is 6.04. The van der Waals surface area contributed by atoms with Crippen molar-refractivity contribution < 1.29 is 9.21 Å². The maximum Gasteiger partial charge on any atom is 0.253 e. The normalized spacial score (nSPS) is 12.2. The summed E-state index contributed by atoms with van der Waals surface area (Å²) in [7, 11) is 0. The van der Waals surface area contributed by atoms with E-state index in [0.717, 1.165) is 10.8 Å². The van der Waals surface area contributed by atoms with Crippen LogP contribution in [0.4, 0.5) is 5.69 Å². The fourth-order valence-electron chi connectivity index (χ4n) is 2.34. The number of hydrogen-bond acceptors (Lipinski definition) is 3. The van der Waals surface area contributed by atoms with Crippen LogP contribution in [0.2, 0.25) is 0 Å². The van der Waals surface area contributed by atoms with Gasteiger partial charge in [0.2, 0.25) is 0 Å². The van der Waals surface area contributed by atoms with E-state index in [9.17, 15) is 4.79 Å². The van der Waals surface area contributed by atoms with Crippen LogP contribution in [0.1, 0.15) is 29.1 Å². The van der Waals surface area contributed by atoms with Gasteiger partial charge in [-0.05, 0) is 42.0 Å². The van der Waals surface area contributed by atoms with Crippen LogP contribution in [0.15, 0.2) is 59.2 Å². The van der Waals surface area contributed by atoms with Gasteiger partial charge in [0.1, 0.15) is 5.76 Å². The molecule has 4 nitrogen and oxygen atoms in total. The van der Waals surface area contributed by atoms with E-state index in [0.29, 0.717) is 17.0 Å². The van der Waals surface area contributed by atoms with Crippen molar-refractivity contribution in [1.82, 2.24) is 5.32 Å². The van der Waals surface area contributed by atoms with Gasteiger partial charge in [-0.25, -0.2) is 0 Å². The quantitative estimate of drug-likeness (QED) is 0.721. The van der Waals surface area contributed by atoms with Gasteiger partial charge in [-0.2, -0.15) is 0 Å². The first-order valence-electron chi connectivity index (χ1n) is 6.77. The maximum absolute atomic E-state index is 12.4. The minimum absolute atomic E-state index is 0.206. The number of anilines is 1. The lowest BCUT2D eigenvalue weighted by Gasteiger charge is -2.13. The molecule has 3 aromatic rings. The summed E-state index contributed by atoms with van der Waals surface area (Å²) in [5.41, 5.74) is 6.95. The minimum Gasteiger partial charge on any atom is -0.467 e. The summed E-state index contributed by atoms with van der Waals surface area (Å²) in [5, 5.41) is 4.90. The van der Waals surface area contributed by atoms with Crippen LogP contribution in [-0.2, 0) is 0 Å². The molecule has 0 fully saturated rings. The Morgan fingerprint density at radius 2 is 1.86 bits per heavy atom. The van der Waals surface area contributed by atoms with E-state index in [4.69, 9.17) is 10.2 Å². The Bertz CT molecular complexity index is 779. The molecule has 21 heavy (non-hydrogen) atoms. The highest BCUT2D eigenvalue weighted by atomic mass is 16.3. The molecule has 0 spiro atoms. The maximum atomic E-state index is 12.4. The van der Waals surface area contributed by atoms with E-state index in [1.807, 2.05) is 49.4 Å². The molecule has 2 aromatic carbocycles. The van der Waals surface area contributed by atoms with E-state index in [2.05, 4.69) is 5.32 Å². The summed E-state index contributed by atoms with van der Waals surface area (Å²) >= 11 is 0. The van der Waals surface area contributed by atoms with Crippen molar-refractivity contribution in [2.45, 2.75) is 13.0 Å². The third-order valence-electron chi connectivity index (χ3n) is 3.48. The summed E-state index contributed by atoms with van der Waals surface area (Å²) in [6.07, 6.45) is 1.59. The van der Waals surface area contributed by atoms with Crippen LogP contribution in [-0.4, -0.2) is 5.91 Å². The number of nitrogen functional groups attached to an aromatic ring is 1. The lowest BCUT2D eigenvalue weighted by atomic mass is 10.0. The smallest absolute Gasteiger partial charge is 0.253 e. The standard InChI is InChI=1S/C17H16N2O2/c1-11(16-7-4-8-21-16)19-17(20)14-9-12-5-2-3-6-13(12)10-15(14)18/h2-11H,18H2,1H3,(H,19,20)/t11-/m0/s1. The number of furan rings is 1. The summed E-state index contributed by atoms with van der Waals surface area (Å²) in [6, 6.07) is 14.9. The first kappa shape index (κ1) is 13.2. The van der Waals surface area contributed by atoms with Crippen LogP contribution in [0.3, 0.4) is 0 Å². The molecule has 0 saturated heterocycles. The molecule has 1 aromatic heterocycles. The molecule has 1 amide bonds. The zero-order valence-corrected chi connectivity index (χ0v) is 11.7. The summed E-state index contributed by atoms with van der Waals surface area (Å²) in [6.45, 7) is 1.87. The number of carbonyl (C=O) groups is 1. The number of amides is 1. The molecule has 1 atom stereocenters. The van der Waals surface area contributed by atoms with Crippen molar-refractivity contribution in [2.24, 2.45) is 0 Å². The lowest BCUT2D eigenvalue weighted by Crippen LogP contribution is -2.27. The van der Waals surface area contributed by atoms with Crippen LogP contribution in [0.25, 0.3) is 10.8 Å².